The second-order valence-corrected chi connectivity index (χ2v) is 6.55. The van der Waals surface area contributed by atoms with Gasteiger partial charge >= 0.3 is 0 Å². The van der Waals surface area contributed by atoms with Crippen LogP contribution in [-0.4, -0.2) is 4.98 Å². The van der Waals surface area contributed by atoms with Gasteiger partial charge in [-0.2, -0.15) is 0 Å². The van der Waals surface area contributed by atoms with Crippen LogP contribution in [0.2, 0.25) is 0 Å². The molecule has 3 N–H and O–H groups in total. The van der Waals surface area contributed by atoms with Crippen LogP contribution in [-0.2, 0) is 6.54 Å². The summed E-state index contributed by atoms with van der Waals surface area (Å²) in [5.74, 6) is 0. The molecule has 0 amide bonds. The minimum absolute atomic E-state index is 0.00623. The molecule has 4 rings (SSSR count). The lowest BCUT2D eigenvalue weighted by Gasteiger charge is -2.27. The maximum absolute atomic E-state index is 5.78. The Labute approximate surface area is 149 Å². The average Bonchev–Trinajstić information content (AvgIpc) is 3.02. The Hall–Kier alpha value is -2.37. The van der Waals surface area contributed by atoms with E-state index in [2.05, 4.69) is 73.6 Å². The summed E-state index contributed by atoms with van der Waals surface area (Å²) in [5.41, 5.74) is 11.4. The van der Waals surface area contributed by atoms with Gasteiger partial charge < -0.3 is 16.0 Å². The van der Waals surface area contributed by atoms with Gasteiger partial charge in [-0.15, -0.1) is 0 Å². The maximum Gasteiger partial charge on any atom is 0.132 e. The topological polar surface area (TPSA) is 54.2 Å². The molecule has 24 heavy (non-hydrogen) atoms. The molecule has 1 aromatic heterocycles. The van der Waals surface area contributed by atoms with Gasteiger partial charge in [-0.05, 0) is 35.9 Å². The SMILES string of the molecule is NCc1ccc(N2c3ccccc3NC2c2cccnc2)cc1Br. The first-order chi connectivity index (χ1) is 11.8. The lowest BCUT2D eigenvalue weighted by molar-refractivity contribution is 0.821. The third-order valence-corrected chi connectivity index (χ3v) is 4.99. The fourth-order valence-corrected chi connectivity index (χ4v) is 3.60. The molecule has 2 heterocycles. The molecule has 0 spiro atoms. The Bertz CT molecular complexity index is 866. The number of halogens is 1. The van der Waals surface area contributed by atoms with E-state index in [1.807, 2.05) is 18.3 Å². The van der Waals surface area contributed by atoms with Crippen LogP contribution in [0.1, 0.15) is 17.3 Å². The number of nitrogens with one attached hydrogen (secondary N) is 1. The van der Waals surface area contributed by atoms with Crippen molar-refractivity contribution < 1.29 is 0 Å². The fraction of sp³-hybridized carbons (Fsp3) is 0.105. The molecule has 3 aromatic rings. The molecule has 1 atom stereocenters. The number of rotatable bonds is 3. The van der Waals surface area contributed by atoms with Gasteiger partial charge in [0.15, 0.2) is 0 Å². The number of pyridine rings is 1. The van der Waals surface area contributed by atoms with Gasteiger partial charge in [0, 0.05) is 34.7 Å². The summed E-state index contributed by atoms with van der Waals surface area (Å²) in [6.07, 6.45) is 3.70. The van der Waals surface area contributed by atoms with Gasteiger partial charge in [0.05, 0.1) is 11.4 Å². The molecule has 0 saturated carbocycles. The van der Waals surface area contributed by atoms with Crippen LogP contribution in [0.3, 0.4) is 0 Å². The Morgan fingerprint density at radius 2 is 2.00 bits per heavy atom. The van der Waals surface area contributed by atoms with E-state index >= 15 is 0 Å². The van der Waals surface area contributed by atoms with E-state index in [0.29, 0.717) is 6.54 Å². The number of nitrogens with zero attached hydrogens (tertiary/aromatic N) is 2. The van der Waals surface area contributed by atoms with Crippen LogP contribution in [0, 0.1) is 0 Å². The normalized spacial score (nSPS) is 15.9. The molecule has 0 radical (unpaired) electrons. The van der Waals surface area contributed by atoms with Crippen LogP contribution >= 0.6 is 15.9 Å². The molecule has 0 saturated heterocycles. The first-order valence-electron chi connectivity index (χ1n) is 7.81. The van der Waals surface area contributed by atoms with Crippen molar-refractivity contribution in [1.29, 1.82) is 0 Å². The minimum atomic E-state index is 0.00623. The van der Waals surface area contributed by atoms with Gasteiger partial charge in [-0.1, -0.05) is 40.2 Å². The molecule has 1 aliphatic heterocycles. The summed E-state index contributed by atoms with van der Waals surface area (Å²) in [4.78, 5) is 6.56. The molecule has 5 heteroatoms. The Kier molecular flexibility index (Phi) is 3.96. The number of nitrogens with two attached hydrogens (primary N) is 1. The smallest absolute Gasteiger partial charge is 0.132 e. The van der Waals surface area contributed by atoms with Gasteiger partial charge in [-0.3, -0.25) is 4.98 Å². The number of para-hydroxylation sites is 2. The predicted molar refractivity (Wildman–Crippen MR) is 101 cm³/mol. The molecular weight excluding hydrogens is 364 g/mol. The van der Waals surface area contributed by atoms with E-state index in [1.165, 1.54) is 0 Å². The molecule has 0 fully saturated rings. The number of aromatic nitrogens is 1. The van der Waals surface area contributed by atoms with Crippen LogP contribution < -0.4 is 16.0 Å². The number of hydrogen-bond acceptors (Lipinski definition) is 4. The van der Waals surface area contributed by atoms with Gasteiger partial charge in [0.2, 0.25) is 0 Å². The summed E-state index contributed by atoms with van der Waals surface area (Å²) in [6.45, 7) is 0.516. The molecule has 0 aliphatic carbocycles. The third kappa shape index (κ3) is 2.56. The monoisotopic (exact) mass is 380 g/mol. The molecular formula is C19H17BrN4. The Balaban J connectivity index is 1.83. The lowest BCUT2D eigenvalue weighted by Crippen LogP contribution is -2.23. The maximum atomic E-state index is 5.78. The predicted octanol–water partition coefficient (Wildman–Crippen LogP) is 4.57. The first kappa shape index (κ1) is 15.2. The van der Waals surface area contributed by atoms with Crippen molar-refractivity contribution in [3.05, 3.63) is 82.6 Å². The van der Waals surface area contributed by atoms with Gasteiger partial charge in [0.25, 0.3) is 0 Å². The summed E-state index contributed by atoms with van der Waals surface area (Å²) in [5, 5.41) is 3.59. The second kappa shape index (κ2) is 6.26. The second-order valence-electron chi connectivity index (χ2n) is 5.70. The molecule has 120 valence electrons. The van der Waals surface area contributed by atoms with Crippen molar-refractivity contribution >= 4 is 33.0 Å². The van der Waals surface area contributed by atoms with E-state index < -0.39 is 0 Å². The van der Waals surface area contributed by atoms with Gasteiger partial charge in [0.1, 0.15) is 6.17 Å². The highest BCUT2D eigenvalue weighted by Gasteiger charge is 2.31. The van der Waals surface area contributed by atoms with Crippen LogP contribution in [0.25, 0.3) is 0 Å². The van der Waals surface area contributed by atoms with Crippen molar-refractivity contribution in [1.82, 2.24) is 4.98 Å². The van der Waals surface area contributed by atoms with E-state index in [1.54, 1.807) is 6.20 Å². The van der Waals surface area contributed by atoms with E-state index in [-0.39, 0.29) is 6.17 Å². The van der Waals surface area contributed by atoms with Crippen molar-refractivity contribution in [2.24, 2.45) is 5.73 Å². The zero-order chi connectivity index (χ0) is 16.5. The van der Waals surface area contributed by atoms with Crippen molar-refractivity contribution in [3.8, 4) is 0 Å². The quantitative estimate of drug-likeness (QED) is 0.698. The van der Waals surface area contributed by atoms with E-state index in [0.717, 1.165) is 32.7 Å². The van der Waals surface area contributed by atoms with Crippen LogP contribution in [0.15, 0.2) is 71.5 Å². The minimum Gasteiger partial charge on any atom is -0.359 e. The highest BCUT2D eigenvalue weighted by Crippen LogP contribution is 2.46. The van der Waals surface area contributed by atoms with Crippen LogP contribution in [0.5, 0.6) is 0 Å². The molecule has 1 aliphatic rings. The number of anilines is 3. The zero-order valence-corrected chi connectivity index (χ0v) is 14.6. The highest BCUT2D eigenvalue weighted by molar-refractivity contribution is 9.10. The number of hydrogen-bond donors (Lipinski definition) is 2. The summed E-state index contributed by atoms with van der Waals surface area (Å²) >= 11 is 3.63. The number of benzene rings is 2. The van der Waals surface area contributed by atoms with Gasteiger partial charge in [-0.25, -0.2) is 0 Å². The molecule has 2 aromatic carbocycles. The molecule has 4 nitrogen and oxygen atoms in total. The average molecular weight is 381 g/mol. The van der Waals surface area contributed by atoms with E-state index in [4.69, 9.17) is 5.73 Å². The van der Waals surface area contributed by atoms with E-state index in [9.17, 15) is 0 Å². The summed E-state index contributed by atoms with van der Waals surface area (Å²) in [6, 6.07) is 18.7. The van der Waals surface area contributed by atoms with Crippen LogP contribution in [0.4, 0.5) is 17.1 Å². The standard InChI is InChI=1S/C19H17BrN4/c20-16-10-15(8-7-13(16)11-21)24-18-6-2-1-5-17(18)23-19(24)14-4-3-9-22-12-14/h1-10,12,19,23H,11,21H2. The Morgan fingerprint density at radius 1 is 1.12 bits per heavy atom. The molecule has 1 unspecified atom stereocenters. The number of fused-ring (bicyclic) bond motifs is 1. The summed E-state index contributed by atoms with van der Waals surface area (Å²) < 4.78 is 1.02. The first-order valence-corrected chi connectivity index (χ1v) is 8.60. The largest absolute Gasteiger partial charge is 0.359 e. The molecule has 0 bridgehead atoms. The third-order valence-electron chi connectivity index (χ3n) is 4.25. The summed E-state index contributed by atoms with van der Waals surface area (Å²) in [7, 11) is 0. The highest BCUT2D eigenvalue weighted by atomic mass is 79.9. The Morgan fingerprint density at radius 3 is 2.75 bits per heavy atom. The van der Waals surface area contributed by atoms with Crippen molar-refractivity contribution in [2.45, 2.75) is 12.7 Å². The van der Waals surface area contributed by atoms with Crippen molar-refractivity contribution in [3.63, 3.8) is 0 Å². The zero-order valence-electron chi connectivity index (χ0n) is 13.0. The van der Waals surface area contributed by atoms with Crippen molar-refractivity contribution in [2.75, 3.05) is 10.2 Å². The fourth-order valence-electron chi connectivity index (χ4n) is 3.07. The lowest BCUT2D eigenvalue weighted by atomic mass is 10.1.